The van der Waals surface area contributed by atoms with Gasteiger partial charge in [0.05, 0.1) is 10.6 Å². The van der Waals surface area contributed by atoms with Crippen LogP contribution in [0.4, 0.5) is 5.69 Å². The molecule has 92 valence electrons. The molecule has 1 aromatic heterocycles. The molecule has 0 aliphatic heterocycles. The second kappa shape index (κ2) is 5.86. The minimum atomic E-state index is 0.398. The van der Waals surface area contributed by atoms with Crippen LogP contribution in [0.25, 0.3) is 0 Å². The second-order valence-corrected chi connectivity index (χ2v) is 4.19. The van der Waals surface area contributed by atoms with Crippen LogP contribution in [0.15, 0.2) is 36.5 Å². The largest absolute Gasteiger partial charge is 0.381 e. The highest BCUT2D eigenvalue weighted by Crippen LogP contribution is 2.20. The number of hydrogen-bond donors (Lipinski definition) is 1. The highest BCUT2D eigenvalue weighted by molar-refractivity contribution is 6.32. The highest BCUT2D eigenvalue weighted by Gasteiger charge is 2.04. The van der Waals surface area contributed by atoms with E-state index in [0.29, 0.717) is 22.8 Å². The van der Waals surface area contributed by atoms with Gasteiger partial charge in [0.2, 0.25) is 0 Å². The maximum Gasteiger partial charge on any atom is 0.145 e. The molecule has 0 atom stereocenters. The summed E-state index contributed by atoms with van der Waals surface area (Å²) >= 11 is 5.94. The van der Waals surface area contributed by atoms with Gasteiger partial charge in [-0.1, -0.05) is 17.7 Å². The average molecular weight is 269 g/mol. The molecule has 19 heavy (non-hydrogen) atoms. The van der Waals surface area contributed by atoms with Crippen molar-refractivity contribution in [1.82, 2.24) is 4.98 Å². The molecule has 0 amide bonds. The monoisotopic (exact) mass is 268 g/mol. The van der Waals surface area contributed by atoms with Crippen LogP contribution in [0.3, 0.4) is 0 Å². The van der Waals surface area contributed by atoms with E-state index in [1.807, 2.05) is 18.2 Å². The van der Waals surface area contributed by atoms with E-state index in [9.17, 15) is 0 Å². The molecule has 1 heterocycles. The van der Waals surface area contributed by atoms with E-state index in [1.165, 1.54) is 0 Å². The normalized spacial score (nSPS) is 9.42. The van der Waals surface area contributed by atoms with Gasteiger partial charge in [-0.15, -0.1) is 0 Å². The fourth-order valence-corrected chi connectivity index (χ4v) is 1.82. The van der Waals surface area contributed by atoms with Crippen molar-refractivity contribution >= 4 is 17.3 Å². The summed E-state index contributed by atoms with van der Waals surface area (Å²) in [6.07, 6.45) is 1.58. The molecule has 5 heteroatoms. The van der Waals surface area contributed by atoms with Crippen molar-refractivity contribution in [2.75, 3.05) is 5.32 Å². The van der Waals surface area contributed by atoms with Crippen LogP contribution in [-0.2, 0) is 6.54 Å². The first-order valence-corrected chi connectivity index (χ1v) is 5.90. The van der Waals surface area contributed by atoms with Gasteiger partial charge < -0.3 is 5.32 Å². The number of aromatic nitrogens is 1. The molecule has 0 aliphatic rings. The zero-order valence-corrected chi connectivity index (χ0v) is 10.6. The summed E-state index contributed by atoms with van der Waals surface area (Å²) in [6.45, 7) is 0.471. The molecular formula is C14H9ClN4. The van der Waals surface area contributed by atoms with E-state index < -0.39 is 0 Å². The molecular weight excluding hydrogens is 260 g/mol. The first-order chi connectivity index (χ1) is 9.24. The zero-order valence-electron chi connectivity index (χ0n) is 9.89. The summed E-state index contributed by atoms with van der Waals surface area (Å²) in [7, 11) is 0. The van der Waals surface area contributed by atoms with E-state index in [2.05, 4.69) is 10.3 Å². The molecule has 0 fully saturated rings. The fourth-order valence-electron chi connectivity index (χ4n) is 1.59. The van der Waals surface area contributed by atoms with Crippen LogP contribution < -0.4 is 5.32 Å². The molecule has 0 bridgehead atoms. The van der Waals surface area contributed by atoms with Crippen LogP contribution in [0.1, 0.15) is 16.8 Å². The molecule has 0 radical (unpaired) electrons. The lowest BCUT2D eigenvalue weighted by Gasteiger charge is -2.08. The molecule has 1 N–H and O–H groups in total. The van der Waals surface area contributed by atoms with Crippen LogP contribution in [0.5, 0.6) is 0 Å². The van der Waals surface area contributed by atoms with Gasteiger partial charge in [-0.25, -0.2) is 4.98 Å². The summed E-state index contributed by atoms with van der Waals surface area (Å²) in [4.78, 5) is 3.98. The molecule has 2 aromatic rings. The van der Waals surface area contributed by atoms with Crippen molar-refractivity contribution < 1.29 is 0 Å². The maximum atomic E-state index is 8.93. The third-order valence-electron chi connectivity index (χ3n) is 2.57. The van der Waals surface area contributed by atoms with Gasteiger partial charge >= 0.3 is 0 Å². The van der Waals surface area contributed by atoms with Crippen molar-refractivity contribution in [1.29, 1.82) is 10.5 Å². The molecule has 0 spiro atoms. The van der Waals surface area contributed by atoms with Gasteiger partial charge in [-0.2, -0.15) is 10.5 Å². The Morgan fingerprint density at radius 1 is 1.21 bits per heavy atom. The Kier molecular flexibility index (Phi) is 3.97. The number of nitriles is 2. The Morgan fingerprint density at radius 3 is 2.74 bits per heavy atom. The van der Waals surface area contributed by atoms with E-state index in [1.54, 1.807) is 30.5 Å². The van der Waals surface area contributed by atoms with Gasteiger partial charge in [0, 0.05) is 24.0 Å². The topological polar surface area (TPSA) is 72.5 Å². The lowest BCUT2D eigenvalue weighted by molar-refractivity contribution is 1.09. The number of benzene rings is 1. The Bertz CT molecular complexity index is 683. The van der Waals surface area contributed by atoms with Crippen molar-refractivity contribution in [3.05, 3.63) is 58.4 Å². The molecule has 0 saturated carbocycles. The van der Waals surface area contributed by atoms with Crippen LogP contribution in [0.2, 0.25) is 5.02 Å². The smallest absolute Gasteiger partial charge is 0.145 e. The Hall–Kier alpha value is -2.56. The summed E-state index contributed by atoms with van der Waals surface area (Å²) in [5, 5.41) is 21.3. The second-order valence-electron chi connectivity index (χ2n) is 3.78. The minimum absolute atomic E-state index is 0.398. The van der Waals surface area contributed by atoms with Gasteiger partial charge in [-0.3, -0.25) is 0 Å². The standard InChI is InChI=1S/C14H9ClN4/c15-13-6-12(4-3-10(13)7-16)19-9-11-2-1-5-18-14(11)8-17/h1-6,19H,9H2. The van der Waals surface area contributed by atoms with Crippen molar-refractivity contribution in [3.8, 4) is 12.1 Å². The lowest BCUT2D eigenvalue weighted by atomic mass is 10.2. The average Bonchev–Trinajstić information content (AvgIpc) is 2.45. The van der Waals surface area contributed by atoms with Crippen molar-refractivity contribution in [2.24, 2.45) is 0 Å². The SMILES string of the molecule is N#Cc1ccc(NCc2cccnc2C#N)cc1Cl. The molecule has 2 rings (SSSR count). The van der Waals surface area contributed by atoms with Gasteiger partial charge in [0.25, 0.3) is 0 Å². The molecule has 4 nitrogen and oxygen atoms in total. The van der Waals surface area contributed by atoms with Crippen LogP contribution >= 0.6 is 11.6 Å². The first-order valence-electron chi connectivity index (χ1n) is 5.52. The van der Waals surface area contributed by atoms with Crippen LogP contribution in [-0.4, -0.2) is 4.98 Å². The van der Waals surface area contributed by atoms with E-state index >= 15 is 0 Å². The summed E-state index contributed by atoms with van der Waals surface area (Å²) < 4.78 is 0. The fraction of sp³-hybridized carbons (Fsp3) is 0.0714. The Morgan fingerprint density at radius 2 is 2.05 bits per heavy atom. The number of halogens is 1. The number of nitrogens with zero attached hydrogens (tertiary/aromatic N) is 3. The Balaban J connectivity index is 2.13. The summed E-state index contributed by atoms with van der Waals surface area (Å²) in [5.41, 5.74) is 2.43. The third-order valence-corrected chi connectivity index (χ3v) is 2.88. The van der Waals surface area contributed by atoms with E-state index in [-0.39, 0.29) is 0 Å². The number of nitrogens with one attached hydrogen (secondary N) is 1. The predicted octanol–water partition coefficient (Wildman–Crippen LogP) is 3.09. The number of anilines is 1. The van der Waals surface area contributed by atoms with E-state index in [4.69, 9.17) is 22.1 Å². The molecule has 0 saturated heterocycles. The van der Waals surface area contributed by atoms with Crippen molar-refractivity contribution in [3.63, 3.8) is 0 Å². The van der Waals surface area contributed by atoms with Crippen LogP contribution in [0, 0.1) is 22.7 Å². The Labute approximate surface area is 115 Å². The molecule has 0 unspecified atom stereocenters. The maximum absolute atomic E-state index is 8.93. The molecule has 0 aliphatic carbocycles. The van der Waals surface area contributed by atoms with Gasteiger partial charge in [0.15, 0.2) is 0 Å². The van der Waals surface area contributed by atoms with Gasteiger partial charge in [-0.05, 0) is 24.3 Å². The molecule has 1 aromatic carbocycles. The number of hydrogen-bond acceptors (Lipinski definition) is 4. The zero-order chi connectivity index (χ0) is 13.7. The number of rotatable bonds is 3. The van der Waals surface area contributed by atoms with Gasteiger partial charge in [0.1, 0.15) is 17.8 Å². The first kappa shape index (κ1) is 12.9. The quantitative estimate of drug-likeness (QED) is 0.928. The lowest BCUT2D eigenvalue weighted by Crippen LogP contribution is -2.02. The number of pyridine rings is 1. The summed E-state index contributed by atoms with van der Waals surface area (Å²) in [5.74, 6) is 0. The highest BCUT2D eigenvalue weighted by atomic mass is 35.5. The summed E-state index contributed by atoms with van der Waals surface area (Å²) in [6, 6.07) is 12.8. The van der Waals surface area contributed by atoms with E-state index in [0.717, 1.165) is 11.3 Å². The minimum Gasteiger partial charge on any atom is -0.381 e. The van der Waals surface area contributed by atoms with Crippen molar-refractivity contribution in [2.45, 2.75) is 6.54 Å². The predicted molar refractivity (Wildman–Crippen MR) is 72.4 cm³/mol. The third kappa shape index (κ3) is 3.01.